The maximum atomic E-state index is 13.9. The highest BCUT2D eigenvalue weighted by Crippen LogP contribution is 2.32. The number of amides is 2. The van der Waals surface area contributed by atoms with E-state index in [9.17, 15) is 28.4 Å². The first-order chi connectivity index (χ1) is 15.8. The van der Waals surface area contributed by atoms with Gasteiger partial charge in [0.1, 0.15) is 5.82 Å². The zero-order valence-electron chi connectivity index (χ0n) is 18.9. The van der Waals surface area contributed by atoms with E-state index in [1.165, 1.54) is 12.1 Å². The van der Waals surface area contributed by atoms with Gasteiger partial charge in [-0.25, -0.2) is 4.39 Å². The number of carboxylic acid groups (broad SMARTS) is 2. The second-order valence-corrected chi connectivity index (χ2v) is 8.50. The van der Waals surface area contributed by atoms with Crippen molar-refractivity contribution in [2.75, 3.05) is 6.54 Å². The lowest BCUT2D eigenvalue weighted by atomic mass is 9.74. The minimum atomic E-state index is -2.24. The Hall–Kier alpha value is -3.48. The summed E-state index contributed by atoms with van der Waals surface area (Å²) in [5, 5.41) is 23.1. The van der Waals surface area contributed by atoms with Crippen LogP contribution in [0.4, 0.5) is 4.39 Å². The van der Waals surface area contributed by atoms with Crippen LogP contribution in [0.2, 0.25) is 0 Å². The summed E-state index contributed by atoms with van der Waals surface area (Å²) in [6.45, 7) is 4.76. The molecule has 0 radical (unpaired) electrons. The molecular weight excluding hydrogens is 454 g/mol. The van der Waals surface area contributed by atoms with Crippen LogP contribution in [0.3, 0.4) is 0 Å². The number of hydrogen-bond donors (Lipinski definition) is 4. The number of rotatable bonds is 11. The molecule has 11 nitrogen and oxygen atoms in total. The van der Waals surface area contributed by atoms with Gasteiger partial charge in [0.25, 0.3) is 5.91 Å². The molecule has 1 saturated heterocycles. The lowest BCUT2D eigenvalue weighted by Gasteiger charge is -2.24. The van der Waals surface area contributed by atoms with Crippen molar-refractivity contribution in [3.05, 3.63) is 35.1 Å². The standard InChI is InChI=1S/C21H26BFN2O9/c1-11(2)6-15(22-33-20(32)21(34-22,8-17(27)28)9-18(29)30)25-16(26)10-24-19(31)13-7-12(3)4-5-14(13)23/h4-5,7,11,15H,6,8-10H2,1-3H3,(H,24,31)(H,25,26)(H,27,28)(H,29,30)/t15-/m0/s1. The number of carboxylic acids is 2. The van der Waals surface area contributed by atoms with Crippen LogP contribution in [0.25, 0.3) is 0 Å². The van der Waals surface area contributed by atoms with Crippen LogP contribution in [-0.4, -0.2) is 65.1 Å². The van der Waals surface area contributed by atoms with E-state index in [4.69, 9.17) is 19.5 Å². The molecule has 2 rings (SSSR count). The van der Waals surface area contributed by atoms with E-state index in [1.54, 1.807) is 20.8 Å². The molecule has 2 amide bonds. The van der Waals surface area contributed by atoms with E-state index in [0.717, 1.165) is 6.07 Å². The third kappa shape index (κ3) is 7.01. The Bertz CT molecular complexity index is 969. The summed E-state index contributed by atoms with van der Waals surface area (Å²) < 4.78 is 24.5. The molecule has 184 valence electrons. The zero-order chi connectivity index (χ0) is 25.6. The van der Waals surface area contributed by atoms with Crippen molar-refractivity contribution in [1.29, 1.82) is 0 Å². The third-order valence-electron chi connectivity index (χ3n) is 4.99. The summed E-state index contributed by atoms with van der Waals surface area (Å²) in [4.78, 5) is 59.5. The lowest BCUT2D eigenvalue weighted by Crippen LogP contribution is -2.51. The Kier molecular flexibility index (Phi) is 8.74. The van der Waals surface area contributed by atoms with Gasteiger partial charge in [0, 0.05) is 0 Å². The monoisotopic (exact) mass is 480 g/mol. The molecule has 1 aromatic rings. The molecule has 1 aliphatic heterocycles. The van der Waals surface area contributed by atoms with E-state index in [-0.39, 0.29) is 17.9 Å². The Labute approximate surface area is 195 Å². The normalized spacial score (nSPS) is 15.6. The minimum Gasteiger partial charge on any atom is -0.506 e. The van der Waals surface area contributed by atoms with Crippen LogP contribution in [0.15, 0.2) is 18.2 Å². The predicted octanol–water partition coefficient (Wildman–Crippen LogP) is 0.684. The maximum Gasteiger partial charge on any atom is 0.552 e. The second-order valence-electron chi connectivity index (χ2n) is 8.50. The summed E-state index contributed by atoms with van der Waals surface area (Å²) in [5.74, 6) is -7.35. The van der Waals surface area contributed by atoms with Crippen molar-refractivity contribution in [3.63, 3.8) is 0 Å². The molecular formula is C21H26BFN2O9. The molecule has 1 aromatic carbocycles. The van der Waals surface area contributed by atoms with Crippen molar-refractivity contribution >= 4 is 36.8 Å². The van der Waals surface area contributed by atoms with Crippen molar-refractivity contribution in [2.24, 2.45) is 5.92 Å². The molecule has 0 spiro atoms. The van der Waals surface area contributed by atoms with Gasteiger partial charge in [0.05, 0.1) is 30.9 Å². The smallest absolute Gasteiger partial charge is 0.506 e. The Balaban J connectivity index is 2.10. The minimum absolute atomic E-state index is 0.0440. The van der Waals surface area contributed by atoms with Crippen LogP contribution in [0.5, 0.6) is 0 Å². The molecule has 1 atom stereocenters. The maximum absolute atomic E-state index is 13.9. The number of carbonyl (C=O) groups is 5. The van der Waals surface area contributed by atoms with Gasteiger partial charge in [0.2, 0.25) is 5.91 Å². The summed E-state index contributed by atoms with van der Waals surface area (Å²) in [6, 6.07) is 3.96. The first kappa shape index (κ1) is 26.8. The Morgan fingerprint density at radius 3 is 2.32 bits per heavy atom. The number of carbonyl (C=O) groups excluding carboxylic acids is 3. The van der Waals surface area contributed by atoms with Gasteiger partial charge >= 0.3 is 25.0 Å². The number of benzene rings is 1. The van der Waals surface area contributed by atoms with E-state index in [2.05, 4.69) is 10.6 Å². The number of aryl methyl sites for hydroxylation is 1. The van der Waals surface area contributed by atoms with Crippen LogP contribution < -0.4 is 10.6 Å². The average molecular weight is 480 g/mol. The second kappa shape index (κ2) is 11.1. The molecule has 1 heterocycles. The highest BCUT2D eigenvalue weighted by Gasteiger charge is 2.57. The number of nitrogens with one attached hydrogen (secondary N) is 2. The van der Waals surface area contributed by atoms with Crippen LogP contribution in [0.1, 0.15) is 49.0 Å². The van der Waals surface area contributed by atoms with E-state index in [0.29, 0.717) is 5.56 Å². The summed E-state index contributed by atoms with van der Waals surface area (Å²) in [7, 11) is -1.44. The van der Waals surface area contributed by atoms with E-state index >= 15 is 0 Å². The number of hydrogen-bond acceptors (Lipinski definition) is 7. The molecule has 0 unspecified atom stereocenters. The topological polar surface area (TPSA) is 168 Å². The van der Waals surface area contributed by atoms with Crippen molar-refractivity contribution in [1.82, 2.24) is 10.6 Å². The van der Waals surface area contributed by atoms with Gasteiger partial charge in [-0.15, -0.1) is 0 Å². The van der Waals surface area contributed by atoms with Crippen LogP contribution in [0, 0.1) is 18.7 Å². The first-order valence-corrected chi connectivity index (χ1v) is 10.5. The quantitative estimate of drug-likeness (QED) is 0.333. The van der Waals surface area contributed by atoms with Crippen molar-refractivity contribution in [2.45, 2.75) is 51.6 Å². The molecule has 0 bridgehead atoms. The van der Waals surface area contributed by atoms with Crippen LogP contribution >= 0.6 is 0 Å². The summed E-state index contributed by atoms with van der Waals surface area (Å²) >= 11 is 0. The third-order valence-corrected chi connectivity index (χ3v) is 4.99. The molecule has 0 aliphatic carbocycles. The fourth-order valence-corrected chi connectivity index (χ4v) is 3.52. The Morgan fingerprint density at radius 2 is 1.76 bits per heavy atom. The molecule has 1 aliphatic rings. The molecule has 4 N–H and O–H groups in total. The molecule has 0 aromatic heterocycles. The first-order valence-electron chi connectivity index (χ1n) is 10.5. The summed E-state index contributed by atoms with van der Waals surface area (Å²) in [5.41, 5.74) is -1.81. The Morgan fingerprint density at radius 1 is 1.15 bits per heavy atom. The molecule has 34 heavy (non-hydrogen) atoms. The van der Waals surface area contributed by atoms with E-state index < -0.39 is 73.6 Å². The number of halogens is 1. The zero-order valence-corrected chi connectivity index (χ0v) is 18.9. The van der Waals surface area contributed by atoms with Gasteiger partial charge in [-0.1, -0.05) is 25.5 Å². The molecule has 13 heteroatoms. The SMILES string of the molecule is Cc1ccc(F)c(C(=O)NCC(=O)N[C@@H](CC(C)C)B2OC(=O)C(CC(=O)O)(CC(=O)O)O2)c1. The predicted molar refractivity (Wildman–Crippen MR) is 115 cm³/mol. The highest BCUT2D eigenvalue weighted by molar-refractivity contribution is 6.51. The molecule has 1 fully saturated rings. The summed E-state index contributed by atoms with van der Waals surface area (Å²) in [6.07, 6.45) is -1.65. The number of aliphatic carboxylic acids is 2. The van der Waals surface area contributed by atoms with Gasteiger partial charge in [-0.3, -0.25) is 24.0 Å². The molecule has 0 saturated carbocycles. The fraction of sp³-hybridized carbons (Fsp3) is 0.476. The van der Waals surface area contributed by atoms with Crippen molar-refractivity contribution in [3.8, 4) is 0 Å². The van der Waals surface area contributed by atoms with Crippen LogP contribution in [-0.2, 0) is 28.5 Å². The van der Waals surface area contributed by atoms with Gasteiger partial charge in [0.15, 0.2) is 5.60 Å². The van der Waals surface area contributed by atoms with Crippen molar-refractivity contribution < 1.29 is 47.9 Å². The highest BCUT2D eigenvalue weighted by atomic mass is 19.1. The largest absolute Gasteiger partial charge is 0.552 e. The lowest BCUT2D eigenvalue weighted by molar-refractivity contribution is -0.157. The van der Waals surface area contributed by atoms with Gasteiger partial charge in [-0.05, 0) is 31.4 Å². The average Bonchev–Trinajstić information content (AvgIpc) is 3.01. The van der Waals surface area contributed by atoms with Gasteiger partial charge < -0.3 is 30.2 Å². The van der Waals surface area contributed by atoms with Gasteiger partial charge in [-0.2, -0.15) is 0 Å². The fourth-order valence-electron chi connectivity index (χ4n) is 3.52. The van der Waals surface area contributed by atoms with E-state index in [1.807, 2.05) is 0 Å².